The lowest BCUT2D eigenvalue weighted by atomic mass is 10.1. The van der Waals surface area contributed by atoms with Gasteiger partial charge in [-0.05, 0) is 31.5 Å². The van der Waals surface area contributed by atoms with E-state index >= 15 is 0 Å². The number of pyridine rings is 1. The fourth-order valence-corrected chi connectivity index (χ4v) is 2.97. The number of halogens is 1. The molecule has 8 heteroatoms. The molecule has 0 unspecified atom stereocenters. The molecule has 2 aromatic rings. The van der Waals surface area contributed by atoms with Crippen LogP contribution in [0, 0.1) is 18.3 Å². The highest BCUT2D eigenvalue weighted by atomic mass is 35.5. The fraction of sp³-hybridized carbons (Fsp3) is 0.400. The predicted molar refractivity (Wildman–Crippen MR) is 108 cm³/mol. The average molecular weight is 403 g/mol. The van der Waals surface area contributed by atoms with Crippen molar-refractivity contribution in [1.82, 2.24) is 4.57 Å². The zero-order valence-corrected chi connectivity index (χ0v) is 17.0. The maximum Gasteiger partial charge on any atom is 0.281 e. The van der Waals surface area contributed by atoms with Gasteiger partial charge in [-0.3, -0.25) is 9.36 Å². The summed E-state index contributed by atoms with van der Waals surface area (Å²) >= 11 is 6.00. The molecular weight excluding hydrogens is 380 g/mol. The summed E-state index contributed by atoms with van der Waals surface area (Å²) in [7, 11) is 1.49. The summed E-state index contributed by atoms with van der Waals surface area (Å²) in [5.74, 6) is 0.116. The predicted octanol–water partition coefficient (Wildman–Crippen LogP) is 5.39. The van der Waals surface area contributed by atoms with Gasteiger partial charge in [-0.2, -0.15) is 5.26 Å². The lowest BCUT2D eigenvalue weighted by molar-refractivity contribution is 0.397. The van der Waals surface area contributed by atoms with Crippen molar-refractivity contribution in [2.45, 2.75) is 46.1 Å². The van der Waals surface area contributed by atoms with Crippen LogP contribution in [0.25, 0.3) is 0 Å². The molecular formula is C20H23ClN4O3. The van der Waals surface area contributed by atoms with Gasteiger partial charge in [0.25, 0.3) is 5.56 Å². The Morgan fingerprint density at radius 2 is 2.04 bits per heavy atom. The molecule has 0 aliphatic rings. The smallest absolute Gasteiger partial charge is 0.281 e. The van der Waals surface area contributed by atoms with Crippen molar-refractivity contribution >= 4 is 23.0 Å². The lowest BCUT2D eigenvalue weighted by Gasteiger charge is -2.13. The molecule has 28 heavy (non-hydrogen) atoms. The van der Waals surface area contributed by atoms with Crippen LogP contribution in [-0.2, 0) is 6.54 Å². The minimum absolute atomic E-state index is 0.00636. The molecule has 0 radical (unpaired) electrons. The number of rotatable bonds is 8. The van der Waals surface area contributed by atoms with Crippen molar-refractivity contribution in [3.8, 4) is 17.7 Å². The zero-order valence-electron chi connectivity index (χ0n) is 16.2. The summed E-state index contributed by atoms with van der Waals surface area (Å²) in [6.45, 7) is 3.96. The van der Waals surface area contributed by atoms with Crippen molar-refractivity contribution in [2.24, 2.45) is 10.2 Å². The Bertz CT molecular complexity index is 977. The molecule has 148 valence electrons. The minimum atomic E-state index is -0.491. The molecule has 0 amide bonds. The topological polar surface area (TPSA) is 100.0 Å². The first kappa shape index (κ1) is 21.5. The van der Waals surface area contributed by atoms with Crippen molar-refractivity contribution < 1.29 is 9.84 Å². The number of hydrogen-bond donors (Lipinski definition) is 1. The fourth-order valence-electron chi connectivity index (χ4n) is 2.81. The molecule has 1 heterocycles. The Balaban J connectivity index is 2.51. The third-order valence-electron chi connectivity index (χ3n) is 4.40. The van der Waals surface area contributed by atoms with Crippen LogP contribution < -0.4 is 10.3 Å². The zero-order chi connectivity index (χ0) is 20.7. The van der Waals surface area contributed by atoms with Crippen molar-refractivity contribution in [3.05, 3.63) is 44.7 Å². The Kier molecular flexibility index (Phi) is 7.59. The highest BCUT2D eigenvalue weighted by molar-refractivity contribution is 6.30. The van der Waals surface area contributed by atoms with E-state index in [2.05, 4.69) is 17.2 Å². The van der Waals surface area contributed by atoms with E-state index in [9.17, 15) is 15.2 Å². The van der Waals surface area contributed by atoms with Crippen LogP contribution in [0.1, 0.15) is 43.7 Å². The first-order chi connectivity index (χ1) is 13.4. The molecule has 1 aromatic carbocycles. The second kappa shape index (κ2) is 9.90. The average Bonchev–Trinajstić information content (AvgIpc) is 2.67. The van der Waals surface area contributed by atoms with Crippen molar-refractivity contribution in [1.29, 1.82) is 5.26 Å². The molecule has 7 nitrogen and oxygen atoms in total. The number of nitriles is 1. The highest BCUT2D eigenvalue weighted by Gasteiger charge is 2.19. The Morgan fingerprint density at radius 1 is 1.29 bits per heavy atom. The van der Waals surface area contributed by atoms with Gasteiger partial charge >= 0.3 is 0 Å². The number of ether oxygens (including phenoxy) is 1. The molecule has 0 bridgehead atoms. The highest BCUT2D eigenvalue weighted by Crippen LogP contribution is 2.33. The first-order valence-corrected chi connectivity index (χ1v) is 9.44. The maximum absolute atomic E-state index is 12.9. The number of nitrogens with zero attached hydrogens (tertiary/aromatic N) is 4. The molecule has 0 spiro atoms. The van der Waals surface area contributed by atoms with Crippen LogP contribution in [-0.4, -0.2) is 16.8 Å². The van der Waals surface area contributed by atoms with E-state index in [1.807, 2.05) is 6.07 Å². The summed E-state index contributed by atoms with van der Waals surface area (Å²) in [5, 5.41) is 28.4. The number of azo groups is 1. The molecule has 0 aliphatic heterocycles. The van der Waals surface area contributed by atoms with E-state index in [1.54, 1.807) is 25.1 Å². The van der Waals surface area contributed by atoms with Gasteiger partial charge in [0.05, 0.1) is 7.11 Å². The standard InChI is InChI=1S/C20H23ClN4O3/c1-4-5-6-7-10-25-19(26)15(12-22)13(2)18(20(25)27)24-23-16-11-14(21)8-9-17(16)28-3/h8-9,11,26H,4-7,10H2,1-3H3. The number of unbranched alkanes of at least 4 members (excludes halogenated alkanes) is 3. The number of methoxy groups -OCH3 is 1. The van der Waals surface area contributed by atoms with Gasteiger partial charge in [0, 0.05) is 17.1 Å². The summed E-state index contributed by atoms with van der Waals surface area (Å²) in [4.78, 5) is 12.9. The summed E-state index contributed by atoms with van der Waals surface area (Å²) in [5.41, 5.74) is 0.165. The van der Waals surface area contributed by atoms with E-state index < -0.39 is 5.56 Å². The molecule has 1 N–H and O–H groups in total. The van der Waals surface area contributed by atoms with Gasteiger partial charge in [0.2, 0.25) is 5.88 Å². The van der Waals surface area contributed by atoms with Gasteiger partial charge in [-0.1, -0.05) is 37.8 Å². The van der Waals surface area contributed by atoms with Crippen LogP contribution >= 0.6 is 11.6 Å². The Hall–Kier alpha value is -2.85. The van der Waals surface area contributed by atoms with Crippen LogP contribution in [0.2, 0.25) is 5.02 Å². The molecule has 0 saturated carbocycles. The third kappa shape index (κ3) is 4.70. The molecule has 0 atom stereocenters. The van der Waals surface area contributed by atoms with Gasteiger partial charge in [-0.25, -0.2) is 0 Å². The van der Waals surface area contributed by atoms with Crippen molar-refractivity contribution in [2.75, 3.05) is 7.11 Å². The molecule has 1 aromatic heterocycles. The van der Waals surface area contributed by atoms with E-state index in [1.165, 1.54) is 11.7 Å². The van der Waals surface area contributed by atoms with E-state index in [0.717, 1.165) is 19.3 Å². The largest absolute Gasteiger partial charge is 0.494 e. The van der Waals surface area contributed by atoms with Crippen LogP contribution in [0.15, 0.2) is 33.2 Å². The van der Waals surface area contributed by atoms with Crippen LogP contribution in [0.4, 0.5) is 11.4 Å². The van der Waals surface area contributed by atoms with Crippen molar-refractivity contribution in [3.63, 3.8) is 0 Å². The van der Waals surface area contributed by atoms with Crippen LogP contribution in [0.5, 0.6) is 11.6 Å². The molecule has 0 aliphatic carbocycles. The number of aromatic nitrogens is 1. The normalized spacial score (nSPS) is 11.0. The maximum atomic E-state index is 12.9. The number of hydrogen-bond acceptors (Lipinski definition) is 6. The SMILES string of the molecule is CCCCCCn1c(O)c(C#N)c(C)c(N=Nc2cc(Cl)ccc2OC)c1=O. The number of benzene rings is 1. The Morgan fingerprint density at radius 3 is 2.68 bits per heavy atom. The Labute approximate surface area is 168 Å². The minimum Gasteiger partial charge on any atom is -0.494 e. The monoisotopic (exact) mass is 402 g/mol. The molecule has 0 saturated heterocycles. The summed E-state index contributed by atoms with van der Waals surface area (Å²) in [6, 6.07) is 6.81. The van der Waals surface area contributed by atoms with Gasteiger partial charge in [-0.15, -0.1) is 10.2 Å². The van der Waals surface area contributed by atoms with E-state index in [0.29, 0.717) is 29.4 Å². The second-order valence-electron chi connectivity index (χ2n) is 6.32. The first-order valence-electron chi connectivity index (χ1n) is 9.06. The quantitative estimate of drug-likeness (QED) is 0.472. The van der Waals surface area contributed by atoms with Gasteiger partial charge in [0.15, 0.2) is 5.69 Å². The van der Waals surface area contributed by atoms with Crippen LogP contribution in [0.3, 0.4) is 0 Å². The van der Waals surface area contributed by atoms with E-state index in [4.69, 9.17) is 16.3 Å². The summed E-state index contributed by atoms with van der Waals surface area (Å²) < 4.78 is 6.41. The van der Waals surface area contributed by atoms with E-state index in [-0.39, 0.29) is 22.7 Å². The third-order valence-corrected chi connectivity index (χ3v) is 4.64. The number of aromatic hydroxyl groups is 1. The van der Waals surface area contributed by atoms with Gasteiger partial charge < -0.3 is 9.84 Å². The second-order valence-corrected chi connectivity index (χ2v) is 6.75. The summed E-state index contributed by atoms with van der Waals surface area (Å²) in [6.07, 6.45) is 3.73. The van der Waals surface area contributed by atoms with Gasteiger partial charge in [0.1, 0.15) is 23.1 Å². The lowest BCUT2D eigenvalue weighted by Crippen LogP contribution is -2.22. The molecule has 0 fully saturated rings. The molecule has 2 rings (SSSR count).